The van der Waals surface area contributed by atoms with E-state index in [0.717, 1.165) is 22.3 Å². The maximum absolute atomic E-state index is 12.8. The van der Waals surface area contributed by atoms with Crippen LogP contribution >= 0.6 is 0 Å². The molecule has 0 aliphatic rings. The molecule has 2 aromatic carbocycles. The van der Waals surface area contributed by atoms with Crippen LogP contribution in [0.3, 0.4) is 0 Å². The summed E-state index contributed by atoms with van der Waals surface area (Å²) in [7, 11) is 0. The lowest BCUT2D eigenvalue weighted by Crippen LogP contribution is -2.25. The SMILES string of the molecule is CC(C)(C)C(=O)Oc1c(C#Cc2ccccc2)c(-c2ccccc2)n2ccccc12. The Morgan fingerprint density at radius 3 is 2.13 bits per heavy atom. The molecule has 0 aliphatic heterocycles. The highest BCUT2D eigenvalue weighted by molar-refractivity contribution is 5.87. The largest absolute Gasteiger partial charge is 0.422 e. The molecule has 0 saturated heterocycles. The van der Waals surface area contributed by atoms with E-state index in [-0.39, 0.29) is 5.97 Å². The third-order valence-electron chi connectivity index (χ3n) is 4.76. The minimum Gasteiger partial charge on any atom is -0.422 e. The minimum atomic E-state index is -0.625. The van der Waals surface area contributed by atoms with Gasteiger partial charge in [0.1, 0.15) is 0 Å². The van der Waals surface area contributed by atoms with Gasteiger partial charge in [-0.1, -0.05) is 66.4 Å². The molecule has 2 heterocycles. The van der Waals surface area contributed by atoms with Crippen LogP contribution in [0.2, 0.25) is 0 Å². The van der Waals surface area contributed by atoms with E-state index in [1.165, 1.54) is 0 Å². The van der Waals surface area contributed by atoms with Crippen LogP contribution in [0.15, 0.2) is 85.1 Å². The van der Waals surface area contributed by atoms with Crippen LogP contribution in [-0.2, 0) is 4.79 Å². The Hall–Kier alpha value is -3.77. The Balaban J connectivity index is 1.99. The van der Waals surface area contributed by atoms with Gasteiger partial charge < -0.3 is 9.14 Å². The first-order valence-corrected chi connectivity index (χ1v) is 9.93. The summed E-state index contributed by atoms with van der Waals surface area (Å²) < 4.78 is 7.99. The Morgan fingerprint density at radius 2 is 1.47 bits per heavy atom. The smallest absolute Gasteiger partial charge is 0.316 e. The maximum atomic E-state index is 12.8. The second-order valence-corrected chi connectivity index (χ2v) is 8.13. The van der Waals surface area contributed by atoms with Gasteiger partial charge >= 0.3 is 5.97 Å². The number of benzene rings is 2. The molecule has 0 atom stereocenters. The molecule has 0 N–H and O–H groups in total. The molecule has 0 saturated carbocycles. The first kappa shape index (κ1) is 19.5. The molecule has 4 aromatic rings. The summed E-state index contributed by atoms with van der Waals surface area (Å²) in [5.74, 6) is 6.73. The Kier molecular flexibility index (Phi) is 5.16. The maximum Gasteiger partial charge on any atom is 0.316 e. The molecule has 30 heavy (non-hydrogen) atoms. The highest BCUT2D eigenvalue weighted by Crippen LogP contribution is 2.38. The molecule has 0 bridgehead atoms. The normalized spacial score (nSPS) is 11.0. The zero-order chi connectivity index (χ0) is 21.1. The van der Waals surface area contributed by atoms with Gasteiger partial charge in [-0.25, -0.2) is 0 Å². The lowest BCUT2D eigenvalue weighted by Gasteiger charge is -2.16. The van der Waals surface area contributed by atoms with Crippen LogP contribution < -0.4 is 4.74 Å². The second kappa shape index (κ2) is 7.93. The van der Waals surface area contributed by atoms with E-state index in [2.05, 4.69) is 11.8 Å². The fourth-order valence-corrected chi connectivity index (χ4v) is 3.18. The Bertz CT molecular complexity index is 1250. The van der Waals surface area contributed by atoms with Gasteiger partial charge in [0.2, 0.25) is 0 Å². The van der Waals surface area contributed by atoms with Crippen molar-refractivity contribution in [2.75, 3.05) is 0 Å². The van der Waals surface area contributed by atoms with Gasteiger partial charge in [-0.05, 0) is 50.6 Å². The molecule has 148 valence electrons. The van der Waals surface area contributed by atoms with E-state index in [4.69, 9.17) is 4.74 Å². The highest BCUT2D eigenvalue weighted by Gasteiger charge is 2.28. The van der Waals surface area contributed by atoms with Crippen LogP contribution in [0.5, 0.6) is 5.75 Å². The van der Waals surface area contributed by atoms with Crippen molar-refractivity contribution in [2.24, 2.45) is 5.41 Å². The van der Waals surface area contributed by atoms with Crippen LogP contribution in [0.25, 0.3) is 16.8 Å². The number of fused-ring (bicyclic) bond motifs is 1. The molecule has 4 rings (SSSR count). The standard InChI is InChI=1S/C27H23NO2/c1-27(2,3)26(29)30-25-22(18-17-20-12-6-4-7-13-20)24(21-14-8-5-9-15-21)28-19-11-10-16-23(25)28/h4-16,19H,1-3H3. The summed E-state index contributed by atoms with van der Waals surface area (Å²) in [6, 6.07) is 25.7. The predicted octanol–water partition coefficient (Wildman–Crippen LogP) is 5.96. The quantitative estimate of drug-likeness (QED) is 0.311. The second-order valence-electron chi connectivity index (χ2n) is 8.13. The van der Waals surface area contributed by atoms with E-state index in [1.807, 2.05) is 110 Å². The van der Waals surface area contributed by atoms with E-state index < -0.39 is 5.41 Å². The van der Waals surface area contributed by atoms with Gasteiger partial charge in [0, 0.05) is 11.8 Å². The number of rotatable bonds is 2. The van der Waals surface area contributed by atoms with Crippen molar-refractivity contribution in [1.82, 2.24) is 4.40 Å². The lowest BCUT2D eigenvalue weighted by molar-refractivity contribution is -0.142. The van der Waals surface area contributed by atoms with Crippen molar-refractivity contribution >= 4 is 11.5 Å². The first-order chi connectivity index (χ1) is 14.4. The Labute approximate surface area is 176 Å². The molecule has 0 spiro atoms. The molecule has 0 fully saturated rings. The van der Waals surface area contributed by atoms with Crippen molar-refractivity contribution < 1.29 is 9.53 Å². The molecule has 0 aliphatic carbocycles. The van der Waals surface area contributed by atoms with Gasteiger partial charge in [-0.2, -0.15) is 0 Å². The number of nitrogens with zero attached hydrogens (tertiary/aromatic N) is 1. The summed E-state index contributed by atoms with van der Waals surface area (Å²) >= 11 is 0. The van der Waals surface area contributed by atoms with E-state index in [0.29, 0.717) is 11.3 Å². The minimum absolute atomic E-state index is 0.291. The molecule has 0 unspecified atom stereocenters. The number of ether oxygens (including phenoxy) is 1. The summed E-state index contributed by atoms with van der Waals surface area (Å²) in [6.07, 6.45) is 1.97. The van der Waals surface area contributed by atoms with Crippen LogP contribution in [0.4, 0.5) is 0 Å². The molecule has 0 radical (unpaired) electrons. The first-order valence-electron chi connectivity index (χ1n) is 9.93. The van der Waals surface area contributed by atoms with Crippen LogP contribution in [-0.4, -0.2) is 10.4 Å². The third-order valence-corrected chi connectivity index (χ3v) is 4.76. The third kappa shape index (κ3) is 3.86. The highest BCUT2D eigenvalue weighted by atomic mass is 16.5. The average molecular weight is 393 g/mol. The summed E-state index contributed by atoms with van der Waals surface area (Å²) in [5, 5.41) is 0. The van der Waals surface area contributed by atoms with Crippen molar-refractivity contribution in [3.05, 3.63) is 96.2 Å². The molecule has 3 nitrogen and oxygen atoms in total. The monoisotopic (exact) mass is 393 g/mol. The van der Waals surface area contributed by atoms with Crippen LogP contribution in [0, 0.1) is 17.3 Å². The molecule has 0 amide bonds. The molecule has 2 aromatic heterocycles. The molecular weight excluding hydrogens is 370 g/mol. The number of hydrogen-bond acceptors (Lipinski definition) is 2. The summed E-state index contributed by atoms with van der Waals surface area (Å²) in [5.41, 5.74) is 3.71. The van der Waals surface area contributed by atoms with Crippen molar-refractivity contribution in [3.63, 3.8) is 0 Å². The Morgan fingerprint density at radius 1 is 0.833 bits per heavy atom. The molecule has 3 heteroatoms. The summed E-state index contributed by atoms with van der Waals surface area (Å²) in [6.45, 7) is 5.54. The fourth-order valence-electron chi connectivity index (χ4n) is 3.18. The van der Waals surface area contributed by atoms with Gasteiger partial charge in [0.15, 0.2) is 5.75 Å². The average Bonchev–Trinajstić information content (AvgIpc) is 3.06. The van der Waals surface area contributed by atoms with E-state index in [9.17, 15) is 4.79 Å². The van der Waals surface area contributed by atoms with Gasteiger partial charge in [0.25, 0.3) is 0 Å². The molecular formula is C27H23NO2. The number of aromatic nitrogens is 1. The zero-order valence-corrected chi connectivity index (χ0v) is 17.3. The topological polar surface area (TPSA) is 30.7 Å². The number of hydrogen-bond donors (Lipinski definition) is 0. The zero-order valence-electron chi connectivity index (χ0n) is 17.3. The summed E-state index contributed by atoms with van der Waals surface area (Å²) in [4.78, 5) is 12.8. The number of pyridine rings is 1. The van der Waals surface area contributed by atoms with Gasteiger partial charge in [-0.15, -0.1) is 0 Å². The van der Waals surface area contributed by atoms with Gasteiger partial charge in [-0.3, -0.25) is 4.79 Å². The van der Waals surface area contributed by atoms with E-state index in [1.54, 1.807) is 0 Å². The van der Waals surface area contributed by atoms with Gasteiger partial charge in [0.05, 0.1) is 22.2 Å². The van der Waals surface area contributed by atoms with Crippen molar-refractivity contribution in [1.29, 1.82) is 0 Å². The van der Waals surface area contributed by atoms with E-state index >= 15 is 0 Å². The predicted molar refractivity (Wildman–Crippen MR) is 120 cm³/mol. The van der Waals surface area contributed by atoms with Crippen molar-refractivity contribution in [3.8, 4) is 28.8 Å². The van der Waals surface area contributed by atoms with Crippen LogP contribution in [0.1, 0.15) is 31.9 Å². The fraction of sp³-hybridized carbons (Fsp3) is 0.148. The number of carbonyl (C=O) groups excluding carboxylic acids is 1. The lowest BCUT2D eigenvalue weighted by atomic mass is 9.97. The number of carbonyl (C=O) groups is 1. The number of esters is 1. The van der Waals surface area contributed by atoms with Crippen molar-refractivity contribution in [2.45, 2.75) is 20.8 Å².